The molecule has 0 aromatic heterocycles. The van der Waals surface area contributed by atoms with Gasteiger partial charge in [-0.25, -0.2) is 8.42 Å². The SMILES string of the molecule is Cc1cc(C)cc(N(CC(=O)N(Cc2ccccc2Cl)C(Cc2ccccc2)C(=O)NC(C)C)S(C)(=O)=O)c1. The Morgan fingerprint density at radius 3 is 2.08 bits per heavy atom. The number of nitrogens with one attached hydrogen (secondary N) is 1. The Morgan fingerprint density at radius 1 is 0.923 bits per heavy atom. The lowest BCUT2D eigenvalue weighted by Crippen LogP contribution is -2.54. The molecule has 3 rings (SSSR count). The third-order valence-corrected chi connectivity index (χ3v) is 7.68. The zero-order valence-electron chi connectivity index (χ0n) is 23.0. The molecule has 7 nitrogen and oxygen atoms in total. The topological polar surface area (TPSA) is 86.8 Å². The van der Waals surface area contributed by atoms with Gasteiger partial charge in [-0.2, -0.15) is 0 Å². The molecule has 39 heavy (non-hydrogen) atoms. The lowest BCUT2D eigenvalue weighted by Gasteiger charge is -2.34. The first kappa shape index (κ1) is 30.2. The third kappa shape index (κ3) is 8.57. The van der Waals surface area contributed by atoms with Gasteiger partial charge in [-0.05, 0) is 68.1 Å². The molecule has 2 amide bonds. The van der Waals surface area contributed by atoms with Crippen molar-refractivity contribution < 1.29 is 18.0 Å². The van der Waals surface area contributed by atoms with Gasteiger partial charge in [0.2, 0.25) is 21.8 Å². The molecule has 208 valence electrons. The molecule has 9 heteroatoms. The number of rotatable bonds is 11. The highest BCUT2D eigenvalue weighted by Crippen LogP contribution is 2.24. The zero-order chi connectivity index (χ0) is 28.7. The van der Waals surface area contributed by atoms with Gasteiger partial charge < -0.3 is 10.2 Å². The van der Waals surface area contributed by atoms with Crippen LogP contribution in [0, 0.1) is 13.8 Å². The van der Waals surface area contributed by atoms with Crippen molar-refractivity contribution in [3.8, 4) is 0 Å². The Balaban J connectivity index is 2.08. The smallest absolute Gasteiger partial charge is 0.244 e. The molecule has 3 aromatic carbocycles. The molecular weight excluding hydrogens is 534 g/mol. The van der Waals surface area contributed by atoms with E-state index in [-0.39, 0.29) is 24.9 Å². The van der Waals surface area contributed by atoms with E-state index in [1.165, 1.54) is 4.90 Å². The Bertz CT molecular complexity index is 1390. The summed E-state index contributed by atoms with van der Waals surface area (Å²) in [5.74, 6) is -0.842. The Kier molecular flexibility index (Phi) is 10.2. The van der Waals surface area contributed by atoms with Crippen LogP contribution in [0.2, 0.25) is 5.02 Å². The molecule has 0 aliphatic rings. The van der Waals surface area contributed by atoms with Crippen LogP contribution in [0.15, 0.2) is 72.8 Å². The molecule has 0 heterocycles. The maximum atomic E-state index is 14.1. The van der Waals surface area contributed by atoms with Crippen LogP contribution >= 0.6 is 11.6 Å². The first-order valence-corrected chi connectivity index (χ1v) is 15.0. The lowest BCUT2D eigenvalue weighted by atomic mass is 10.0. The van der Waals surface area contributed by atoms with Crippen molar-refractivity contribution in [1.82, 2.24) is 10.2 Å². The number of aryl methyl sites for hydroxylation is 2. The molecule has 0 aliphatic carbocycles. The summed E-state index contributed by atoms with van der Waals surface area (Å²) in [6.45, 7) is 7.01. The van der Waals surface area contributed by atoms with Gasteiger partial charge >= 0.3 is 0 Å². The van der Waals surface area contributed by atoms with Crippen molar-refractivity contribution in [2.24, 2.45) is 0 Å². The molecule has 0 saturated heterocycles. The number of amides is 2. The summed E-state index contributed by atoms with van der Waals surface area (Å²) in [4.78, 5) is 29.1. The summed E-state index contributed by atoms with van der Waals surface area (Å²) in [5.41, 5.74) is 3.66. The molecule has 1 N–H and O–H groups in total. The average molecular weight is 570 g/mol. The maximum Gasteiger partial charge on any atom is 0.244 e. The maximum absolute atomic E-state index is 14.1. The lowest BCUT2D eigenvalue weighted by molar-refractivity contribution is -0.140. The van der Waals surface area contributed by atoms with Crippen LogP contribution in [0.25, 0.3) is 0 Å². The summed E-state index contributed by atoms with van der Waals surface area (Å²) in [6, 6.07) is 20.9. The second-order valence-electron chi connectivity index (χ2n) is 10.1. The van der Waals surface area contributed by atoms with E-state index in [2.05, 4.69) is 5.32 Å². The first-order chi connectivity index (χ1) is 18.3. The van der Waals surface area contributed by atoms with Crippen LogP contribution in [0.5, 0.6) is 0 Å². The van der Waals surface area contributed by atoms with Crippen molar-refractivity contribution in [3.05, 3.63) is 100 Å². The summed E-state index contributed by atoms with van der Waals surface area (Å²) in [5, 5.41) is 3.38. The number of carbonyl (C=O) groups is 2. The molecule has 0 fully saturated rings. The van der Waals surface area contributed by atoms with Crippen LogP contribution in [0.4, 0.5) is 5.69 Å². The number of sulfonamides is 1. The molecule has 0 saturated carbocycles. The third-order valence-electron chi connectivity index (χ3n) is 6.17. The number of hydrogen-bond acceptors (Lipinski definition) is 4. The summed E-state index contributed by atoms with van der Waals surface area (Å²) < 4.78 is 26.9. The predicted octanol–water partition coefficient (Wildman–Crippen LogP) is 4.89. The second-order valence-corrected chi connectivity index (χ2v) is 12.4. The first-order valence-electron chi connectivity index (χ1n) is 12.8. The predicted molar refractivity (Wildman–Crippen MR) is 157 cm³/mol. The van der Waals surface area contributed by atoms with Crippen molar-refractivity contribution in [3.63, 3.8) is 0 Å². The van der Waals surface area contributed by atoms with Gasteiger partial charge in [0.25, 0.3) is 0 Å². The van der Waals surface area contributed by atoms with E-state index < -0.39 is 28.5 Å². The van der Waals surface area contributed by atoms with E-state index >= 15 is 0 Å². The van der Waals surface area contributed by atoms with Gasteiger partial charge in [0.15, 0.2) is 0 Å². The van der Waals surface area contributed by atoms with Gasteiger partial charge in [-0.15, -0.1) is 0 Å². The van der Waals surface area contributed by atoms with Crippen molar-refractivity contribution in [1.29, 1.82) is 0 Å². The quantitative estimate of drug-likeness (QED) is 0.356. The minimum absolute atomic E-state index is 0.0337. The standard InChI is InChI=1S/C30H36ClN3O4S/c1-21(2)32-30(36)28(18-24-11-7-6-8-12-24)33(19-25-13-9-10-14-27(25)31)29(35)20-34(39(5,37)38)26-16-22(3)15-23(4)17-26/h6-17,21,28H,18-20H2,1-5H3,(H,32,36). The van der Waals surface area contributed by atoms with Crippen LogP contribution in [0.1, 0.15) is 36.1 Å². The Morgan fingerprint density at radius 2 is 1.51 bits per heavy atom. The van der Waals surface area contributed by atoms with E-state index in [9.17, 15) is 18.0 Å². The molecule has 0 aliphatic heterocycles. The Labute approximate surface area is 236 Å². The largest absolute Gasteiger partial charge is 0.352 e. The van der Waals surface area contributed by atoms with Gasteiger partial charge in [0.1, 0.15) is 12.6 Å². The fourth-order valence-electron chi connectivity index (χ4n) is 4.45. The molecule has 0 spiro atoms. The van der Waals surface area contributed by atoms with Crippen molar-refractivity contribution in [2.45, 2.75) is 52.7 Å². The fourth-order valence-corrected chi connectivity index (χ4v) is 5.48. The number of halogens is 1. The van der Waals surface area contributed by atoms with Gasteiger partial charge in [0.05, 0.1) is 11.9 Å². The van der Waals surface area contributed by atoms with Crippen LogP contribution in [-0.2, 0) is 32.6 Å². The molecule has 0 bridgehead atoms. The number of hydrogen-bond donors (Lipinski definition) is 1. The van der Waals surface area contributed by atoms with Crippen LogP contribution in [0.3, 0.4) is 0 Å². The summed E-state index contributed by atoms with van der Waals surface area (Å²) in [6.07, 6.45) is 1.32. The fraction of sp³-hybridized carbons (Fsp3) is 0.333. The normalized spacial score (nSPS) is 12.2. The molecular formula is C30H36ClN3O4S. The van der Waals surface area contributed by atoms with Crippen molar-refractivity contribution in [2.75, 3.05) is 17.1 Å². The van der Waals surface area contributed by atoms with E-state index in [1.807, 2.05) is 70.2 Å². The molecule has 0 radical (unpaired) electrons. The van der Waals surface area contributed by atoms with Crippen LogP contribution in [-0.4, -0.2) is 50.0 Å². The van der Waals surface area contributed by atoms with E-state index in [1.54, 1.807) is 30.3 Å². The van der Waals surface area contributed by atoms with E-state index in [0.29, 0.717) is 16.3 Å². The molecule has 3 aromatic rings. The number of nitrogens with zero attached hydrogens (tertiary/aromatic N) is 2. The summed E-state index contributed by atoms with van der Waals surface area (Å²) >= 11 is 6.47. The van der Waals surface area contributed by atoms with Crippen molar-refractivity contribution >= 4 is 39.1 Å². The number of benzene rings is 3. The highest BCUT2D eigenvalue weighted by molar-refractivity contribution is 7.92. The minimum Gasteiger partial charge on any atom is -0.352 e. The molecule has 1 unspecified atom stereocenters. The number of carbonyl (C=O) groups excluding carboxylic acids is 2. The zero-order valence-corrected chi connectivity index (χ0v) is 24.6. The highest BCUT2D eigenvalue weighted by Gasteiger charge is 2.33. The second kappa shape index (κ2) is 13.1. The van der Waals surface area contributed by atoms with E-state index in [4.69, 9.17) is 11.6 Å². The van der Waals surface area contributed by atoms with Crippen LogP contribution < -0.4 is 9.62 Å². The number of anilines is 1. The average Bonchev–Trinajstić information content (AvgIpc) is 2.84. The Hall–Kier alpha value is -3.36. The minimum atomic E-state index is -3.83. The van der Waals surface area contributed by atoms with Gasteiger partial charge in [-0.1, -0.05) is 66.2 Å². The van der Waals surface area contributed by atoms with Gasteiger partial charge in [0, 0.05) is 24.0 Å². The molecule has 1 atom stereocenters. The monoisotopic (exact) mass is 569 g/mol. The van der Waals surface area contributed by atoms with E-state index in [0.717, 1.165) is 27.3 Å². The summed E-state index contributed by atoms with van der Waals surface area (Å²) in [7, 11) is -3.83. The highest BCUT2D eigenvalue weighted by atomic mass is 35.5. The van der Waals surface area contributed by atoms with Gasteiger partial charge in [-0.3, -0.25) is 13.9 Å².